The lowest BCUT2D eigenvalue weighted by Crippen LogP contribution is -2.69. The molecule has 3 aromatic rings. The molecule has 4 heterocycles. The number of rotatable bonds is 3. The van der Waals surface area contributed by atoms with E-state index in [2.05, 4.69) is 72.6 Å². The van der Waals surface area contributed by atoms with Crippen molar-refractivity contribution in [1.29, 1.82) is 0 Å². The van der Waals surface area contributed by atoms with Crippen molar-refractivity contribution in [3.05, 3.63) is 59.5 Å². The van der Waals surface area contributed by atoms with E-state index in [1.54, 1.807) is 11.3 Å². The minimum Gasteiger partial charge on any atom is -0.346 e. The van der Waals surface area contributed by atoms with Crippen LogP contribution in [-0.2, 0) is 0 Å². The number of carbonyl (C=O) groups excluding carboxylic acids is 1. The highest BCUT2D eigenvalue weighted by atomic mass is 32.1. The van der Waals surface area contributed by atoms with Gasteiger partial charge in [0.2, 0.25) is 0 Å². The molecule has 3 aliphatic heterocycles. The van der Waals surface area contributed by atoms with Crippen molar-refractivity contribution in [2.24, 2.45) is 5.92 Å². The van der Waals surface area contributed by atoms with Crippen LogP contribution in [0.15, 0.2) is 54.6 Å². The van der Waals surface area contributed by atoms with Crippen molar-refractivity contribution >= 4 is 27.3 Å². The second-order valence-corrected chi connectivity index (χ2v) is 9.68. The summed E-state index contributed by atoms with van der Waals surface area (Å²) in [6, 6.07) is 19.0. The first-order valence-corrected chi connectivity index (χ1v) is 11.0. The van der Waals surface area contributed by atoms with Crippen LogP contribution in [0.3, 0.4) is 0 Å². The number of carbonyl (C=O) groups is 1. The van der Waals surface area contributed by atoms with Gasteiger partial charge in [-0.15, -0.1) is 11.3 Å². The minimum absolute atomic E-state index is 0.0305. The summed E-state index contributed by atoms with van der Waals surface area (Å²) in [5, 5.41) is 4.55. The van der Waals surface area contributed by atoms with Gasteiger partial charge < -0.3 is 5.32 Å². The van der Waals surface area contributed by atoms with Gasteiger partial charge >= 0.3 is 0 Å². The second-order valence-electron chi connectivity index (χ2n) is 8.63. The van der Waals surface area contributed by atoms with Gasteiger partial charge in [0.25, 0.3) is 5.91 Å². The van der Waals surface area contributed by atoms with Crippen molar-refractivity contribution in [2.45, 2.75) is 38.3 Å². The van der Waals surface area contributed by atoms with Crippen LogP contribution in [0.25, 0.3) is 21.2 Å². The highest BCUT2D eigenvalue weighted by Gasteiger charge is 2.48. The molecule has 1 N–H and O–H groups in total. The molecule has 1 aromatic heterocycles. The first kappa shape index (κ1) is 17.9. The maximum Gasteiger partial charge on any atom is 0.261 e. The Balaban J connectivity index is 1.46. The highest BCUT2D eigenvalue weighted by molar-refractivity contribution is 7.21. The smallest absolute Gasteiger partial charge is 0.261 e. The molecule has 1 atom stereocenters. The predicted molar refractivity (Wildman–Crippen MR) is 117 cm³/mol. The fourth-order valence-electron chi connectivity index (χ4n) is 5.11. The van der Waals surface area contributed by atoms with E-state index in [0.717, 1.165) is 23.4 Å². The maximum atomic E-state index is 13.2. The fraction of sp³-hybridized carbons (Fsp3) is 0.375. The Morgan fingerprint density at radius 2 is 1.82 bits per heavy atom. The first-order chi connectivity index (χ1) is 13.5. The van der Waals surface area contributed by atoms with Crippen molar-refractivity contribution in [3.8, 4) is 11.1 Å². The molecule has 2 bridgehead atoms. The van der Waals surface area contributed by atoms with Crippen molar-refractivity contribution in [1.82, 2.24) is 10.2 Å². The van der Waals surface area contributed by atoms with Gasteiger partial charge in [-0.05, 0) is 68.3 Å². The van der Waals surface area contributed by atoms with Crippen molar-refractivity contribution in [2.75, 3.05) is 13.1 Å². The lowest BCUT2D eigenvalue weighted by molar-refractivity contribution is -0.0377. The zero-order valence-electron chi connectivity index (χ0n) is 16.4. The Labute approximate surface area is 170 Å². The van der Waals surface area contributed by atoms with E-state index in [9.17, 15) is 4.79 Å². The Kier molecular flexibility index (Phi) is 4.29. The molecular formula is C24H26N2OS. The van der Waals surface area contributed by atoms with Gasteiger partial charge in [0.05, 0.1) is 4.88 Å². The Morgan fingerprint density at radius 1 is 1.07 bits per heavy atom. The van der Waals surface area contributed by atoms with Crippen LogP contribution in [0.2, 0.25) is 0 Å². The summed E-state index contributed by atoms with van der Waals surface area (Å²) in [6.45, 7) is 6.88. The molecule has 0 saturated carbocycles. The van der Waals surface area contributed by atoms with Gasteiger partial charge in [-0.1, -0.05) is 48.5 Å². The Hall–Kier alpha value is -2.17. The number of nitrogens with one attached hydrogen (secondary N) is 1. The largest absolute Gasteiger partial charge is 0.346 e. The van der Waals surface area contributed by atoms with Crippen LogP contribution in [0.1, 0.15) is 36.4 Å². The summed E-state index contributed by atoms with van der Waals surface area (Å²) in [7, 11) is 0. The molecule has 4 heteroatoms. The average Bonchev–Trinajstić information content (AvgIpc) is 3.16. The molecule has 3 fully saturated rings. The van der Waals surface area contributed by atoms with Gasteiger partial charge in [0, 0.05) is 16.3 Å². The number of nitrogens with zero attached hydrogens (tertiary/aromatic N) is 1. The molecule has 1 unspecified atom stereocenters. The van der Waals surface area contributed by atoms with Crippen LogP contribution < -0.4 is 5.32 Å². The third kappa shape index (κ3) is 2.87. The number of thiophene rings is 1. The molecule has 3 nitrogen and oxygen atoms in total. The number of piperidine rings is 3. The highest BCUT2D eigenvalue weighted by Crippen LogP contribution is 2.40. The van der Waals surface area contributed by atoms with Gasteiger partial charge in [-0.25, -0.2) is 0 Å². The third-order valence-electron chi connectivity index (χ3n) is 6.73. The van der Waals surface area contributed by atoms with Gasteiger partial charge in [-0.2, -0.15) is 0 Å². The van der Waals surface area contributed by atoms with E-state index in [4.69, 9.17) is 0 Å². The monoisotopic (exact) mass is 390 g/mol. The third-order valence-corrected chi connectivity index (χ3v) is 7.91. The summed E-state index contributed by atoms with van der Waals surface area (Å²) in [6.07, 6.45) is 2.39. The summed E-state index contributed by atoms with van der Waals surface area (Å²) < 4.78 is 1.19. The Morgan fingerprint density at radius 3 is 2.54 bits per heavy atom. The van der Waals surface area contributed by atoms with Crippen LogP contribution in [0.4, 0.5) is 0 Å². The summed E-state index contributed by atoms with van der Waals surface area (Å²) >= 11 is 1.61. The summed E-state index contributed by atoms with van der Waals surface area (Å²) in [5.74, 6) is 0.672. The maximum absolute atomic E-state index is 13.2. The number of amides is 1. The molecule has 0 aliphatic carbocycles. The van der Waals surface area contributed by atoms with E-state index >= 15 is 0 Å². The normalized spacial score (nSPS) is 25.7. The summed E-state index contributed by atoms with van der Waals surface area (Å²) in [5.41, 5.74) is 2.42. The fourth-order valence-corrected chi connectivity index (χ4v) is 6.21. The molecule has 0 radical (unpaired) electrons. The molecule has 1 amide bonds. The number of hydrogen-bond acceptors (Lipinski definition) is 3. The Bertz CT molecular complexity index is 1020. The molecular weight excluding hydrogens is 364 g/mol. The zero-order valence-corrected chi connectivity index (χ0v) is 17.3. The van der Waals surface area contributed by atoms with Gasteiger partial charge in [-0.3, -0.25) is 9.69 Å². The molecule has 2 aromatic carbocycles. The van der Waals surface area contributed by atoms with Gasteiger partial charge in [0.15, 0.2) is 0 Å². The zero-order chi connectivity index (χ0) is 19.3. The SMILES string of the molecule is CC1(C)C(NC(=O)c2cc3cccc(-c4ccccc4)c3s2)C2CCN1CC2. The second kappa shape index (κ2) is 6.71. The molecule has 3 saturated heterocycles. The van der Waals surface area contributed by atoms with E-state index in [0.29, 0.717) is 5.92 Å². The van der Waals surface area contributed by atoms with E-state index in [-0.39, 0.29) is 17.5 Å². The molecule has 144 valence electrons. The number of fused-ring (bicyclic) bond motifs is 4. The van der Waals surface area contributed by atoms with Crippen LogP contribution in [-0.4, -0.2) is 35.5 Å². The number of hydrogen-bond donors (Lipinski definition) is 1. The molecule has 3 aliphatic rings. The lowest BCUT2D eigenvalue weighted by atomic mass is 9.72. The quantitative estimate of drug-likeness (QED) is 0.669. The average molecular weight is 391 g/mol. The van der Waals surface area contributed by atoms with Crippen LogP contribution >= 0.6 is 11.3 Å². The standard InChI is InChI=1S/C24H26N2OS/c1-24(2)22(17-11-13-26(24)14-12-17)25-23(27)20-15-18-9-6-10-19(21(18)28-20)16-7-4-3-5-8-16/h3-10,15,17,22H,11-14H2,1-2H3,(H,25,27). The van der Waals surface area contributed by atoms with Crippen LogP contribution in [0.5, 0.6) is 0 Å². The first-order valence-electron chi connectivity index (χ1n) is 10.2. The van der Waals surface area contributed by atoms with E-state index in [1.165, 1.54) is 28.7 Å². The lowest BCUT2D eigenvalue weighted by Gasteiger charge is -2.56. The topological polar surface area (TPSA) is 32.3 Å². The van der Waals surface area contributed by atoms with Crippen molar-refractivity contribution in [3.63, 3.8) is 0 Å². The minimum atomic E-state index is 0.0305. The van der Waals surface area contributed by atoms with E-state index < -0.39 is 0 Å². The van der Waals surface area contributed by atoms with Crippen LogP contribution in [0, 0.1) is 5.92 Å². The number of benzene rings is 2. The predicted octanol–water partition coefficient (Wildman–Crippen LogP) is 5.17. The molecule has 6 rings (SSSR count). The van der Waals surface area contributed by atoms with Crippen molar-refractivity contribution < 1.29 is 4.79 Å². The van der Waals surface area contributed by atoms with Gasteiger partial charge in [0.1, 0.15) is 0 Å². The summed E-state index contributed by atoms with van der Waals surface area (Å²) in [4.78, 5) is 16.5. The molecule has 28 heavy (non-hydrogen) atoms. The van der Waals surface area contributed by atoms with E-state index in [1.807, 2.05) is 6.07 Å². The molecule has 0 spiro atoms.